The molecule has 1 saturated heterocycles. The minimum absolute atomic E-state index is 0. The van der Waals surface area contributed by atoms with E-state index in [-0.39, 0.29) is 59.5 Å². The highest BCUT2D eigenvalue weighted by Gasteiger charge is 2.58. The lowest BCUT2D eigenvalue weighted by atomic mass is 9.85. The van der Waals surface area contributed by atoms with Crippen LogP contribution in [-0.2, 0) is 16.1 Å². The Morgan fingerprint density at radius 2 is 1.77 bits per heavy atom. The minimum atomic E-state index is -0.117. The lowest BCUT2D eigenvalue weighted by Gasteiger charge is -2.18. The molecule has 8 nitrogen and oxygen atoms in total. The van der Waals surface area contributed by atoms with Crippen LogP contribution in [0.1, 0.15) is 25.1 Å². The zero-order chi connectivity index (χ0) is 20.4. The van der Waals surface area contributed by atoms with Crippen molar-refractivity contribution in [3.63, 3.8) is 0 Å². The molecule has 0 radical (unpaired) electrons. The van der Waals surface area contributed by atoms with Crippen LogP contribution in [0.2, 0.25) is 0 Å². The number of halogens is 1. The molecule has 1 aromatic rings. The van der Waals surface area contributed by atoms with Gasteiger partial charge in [0, 0.05) is 45.6 Å². The van der Waals surface area contributed by atoms with Gasteiger partial charge in [0.25, 0.3) is 0 Å². The highest BCUT2D eigenvalue weighted by molar-refractivity contribution is 14.0. The maximum atomic E-state index is 12.7. The monoisotopic (exact) mass is 526 g/mol. The van der Waals surface area contributed by atoms with Gasteiger partial charge in [-0.3, -0.25) is 19.5 Å². The summed E-state index contributed by atoms with van der Waals surface area (Å²) in [6, 6.07) is 0. The number of amides is 2. The van der Waals surface area contributed by atoms with Gasteiger partial charge >= 0.3 is 0 Å². The number of nitrogens with zero attached hydrogens (tertiary/aromatic N) is 4. The van der Waals surface area contributed by atoms with Crippen molar-refractivity contribution in [2.45, 2.75) is 32.7 Å². The predicted octanol–water partition coefficient (Wildman–Crippen LogP) is 1.56. The summed E-state index contributed by atoms with van der Waals surface area (Å²) in [5.41, 5.74) is 0. The summed E-state index contributed by atoms with van der Waals surface area (Å²) in [5.74, 6) is 2.05. The molecular formula is C21H31IN6O2. The highest BCUT2D eigenvalue weighted by Crippen LogP contribution is 2.52. The average Bonchev–Trinajstić information content (AvgIpc) is 3.48. The standard InChI is InChI=1S/C21H30N6O2.HI/c1-14-23-8-11-26(14)10-4-3-7-24-21(22-2)25-9-12-27-19(28)17-15-5-6-16(13-15)18(17)20(27)29;/h5-6,8,11,15-18H,3-4,7,9-10,12-13H2,1-2H3,(H2,22,24,25);1H. The van der Waals surface area contributed by atoms with Crippen LogP contribution in [0.25, 0.3) is 0 Å². The molecule has 2 fully saturated rings. The summed E-state index contributed by atoms with van der Waals surface area (Å²) >= 11 is 0. The lowest BCUT2D eigenvalue weighted by molar-refractivity contribution is -0.140. The van der Waals surface area contributed by atoms with E-state index in [4.69, 9.17) is 0 Å². The summed E-state index contributed by atoms with van der Waals surface area (Å²) in [6.07, 6.45) is 11.1. The van der Waals surface area contributed by atoms with Crippen molar-refractivity contribution in [1.82, 2.24) is 25.1 Å². The molecule has 1 aliphatic heterocycles. The van der Waals surface area contributed by atoms with E-state index in [1.54, 1.807) is 7.05 Å². The number of guanidine groups is 1. The molecule has 2 amide bonds. The number of hydrogen-bond donors (Lipinski definition) is 2. The molecule has 4 rings (SSSR count). The van der Waals surface area contributed by atoms with Crippen molar-refractivity contribution in [2.75, 3.05) is 26.7 Å². The van der Waals surface area contributed by atoms with E-state index >= 15 is 0 Å². The van der Waals surface area contributed by atoms with E-state index < -0.39 is 0 Å². The number of aryl methyl sites for hydroxylation is 2. The maximum absolute atomic E-state index is 12.7. The fourth-order valence-electron chi connectivity index (χ4n) is 4.95. The molecule has 164 valence electrons. The first-order chi connectivity index (χ1) is 14.1. The van der Waals surface area contributed by atoms with Crippen molar-refractivity contribution in [3.05, 3.63) is 30.4 Å². The summed E-state index contributed by atoms with van der Waals surface area (Å²) in [7, 11) is 1.73. The zero-order valence-corrected chi connectivity index (χ0v) is 19.9. The molecule has 0 spiro atoms. The first-order valence-electron chi connectivity index (χ1n) is 10.6. The maximum Gasteiger partial charge on any atom is 0.233 e. The van der Waals surface area contributed by atoms with E-state index in [9.17, 15) is 9.59 Å². The van der Waals surface area contributed by atoms with Crippen LogP contribution in [0.5, 0.6) is 0 Å². The van der Waals surface area contributed by atoms with Gasteiger partial charge in [-0.1, -0.05) is 12.2 Å². The van der Waals surface area contributed by atoms with Crippen molar-refractivity contribution in [1.29, 1.82) is 0 Å². The molecule has 1 saturated carbocycles. The van der Waals surface area contributed by atoms with Crippen molar-refractivity contribution < 1.29 is 9.59 Å². The second kappa shape index (κ2) is 9.93. The number of likely N-dealkylation sites (tertiary alicyclic amines) is 1. The number of imidazole rings is 1. The molecule has 2 N–H and O–H groups in total. The van der Waals surface area contributed by atoms with Crippen molar-refractivity contribution in [2.24, 2.45) is 28.7 Å². The Bertz CT molecular complexity index is 805. The third-order valence-corrected chi connectivity index (χ3v) is 6.45. The molecule has 30 heavy (non-hydrogen) atoms. The van der Waals surface area contributed by atoms with Crippen LogP contribution in [0.3, 0.4) is 0 Å². The average molecular weight is 526 g/mol. The number of fused-ring (bicyclic) bond motifs is 5. The number of nitrogens with one attached hydrogen (secondary N) is 2. The molecule has 0 aromatic carbocycles. The van der Waals surface area contributed by atoms with Gasteiger partial charge in [-0.25, -0.2) is 4.98 Å². The van der Waals surface area contributed by atoms with Crippen LogP contribution in [0, 0.1) is 30.6 Å². The van der Waals surface area contributed by atoms with Gasteiger partial charge < -0.3 is 15.2 Å². The van der Waals surface area contributed by atoms with Gasteiger partial charge in [0.1, 0.15) is 5.82 Å². The molecular weight excluding hydrogens is 495 g/mol. The number of carbonyl (C=O) groups is 2. The normalized spacial score (nSPS) is 26.9. The Morgan fingerprint density at radius 1 is 1.10 bits per heavy atom. The van der Waals surface area contributed by atoms with Gasteiger partial charge in [0.15, 0.2) is 5.96 Å². The summed E-state index contributed by atoms with van der Waals surface area (Å²) in [4.78, 5) is 35.3. The zero-order valence-electron chi connectivity index (χ0n) is 17.6. The van der Waals surface area contributed by atoms with E-state index in [1.165, 1.54) is 4.90 Å². The van der Waals surface area contributed by atoms with Crippen molar-refractivity contribution >= 4 is 41.8 Å². The van der Waals surface area contributed by atoms with E-state index in [0.717, 1.165) is 38.2 Å². The van der Waals surface area contributed by atoms with E-state index in [0.29, 0.717) is 19.0 Å². The quantitative estimate of drug-likeness (QED) is 0.134. The van der Waals surface area contributed by atoms with Gasteiger partial charge in [-0.05, 0) is 38.0 Å². The lowest BCUT2D eigenvalue weighted by Crippen LogP contribution is -2.43. The van der Waals surface area contributed by atoms with Crippen LogP contribution >= 0.6 is 24.0 Å². The number of hydrogen-bond acceptors (Lipinski definition) is 4. The number of carbonyl (C=O) groups excluding carboxylic acids is 2. The van der Waals surface area contributed by atoms with Crippen LogP contribution < -0.4 is 10.6 Å². The first kappa shape index (κ1) is 22.8. The van der Waals surface area contributed by atoms with Gasteiger partial charge in [0.2, 0.25) is 11.8 Å². The molecule has 2 heterocycles. The smallest absolute Gasteiger partial charge is 0.233 e. The highest BCUT2D eigenvalue weighted by atomic mass is 127. The van der Waals surface area contributed by atoms with Gasteiger partial charge in [0.05, 0.1) is 11.8 Å². The second-order valence-electron chi connectivity index (χ2n) is 8.13. The Kier molecular flexibility index (Phi) is 7.54. The number of aromatic nitrogens is 2. The Hall–Kier alpha value is -1.91. The Labute approximate surface area is 194 Å². The topological polar surface area (TPSA) is 91.6 Å². The number of aliphatic imine (C=N–C) groups is 1. The molecule has 3 aliphatic rings. The summed E-state index contributed by atoms with van der Waals surface area (Å²) < 4.78 is 2.15. The minimum Gasteiger partial charge on any atom is -0.356 e. The Balaban J connectivity index is 0.00000256. The molecule has 4 unspecified atom stereocenters. The number of unbranched alkanes of at least 4 members (excludes halogenated alkanes) is 1. The molecule has 2 aliphatic carbocycles. The number of imide groups is 1. The fraction of sp³-hybridized carbons (Fsp3) is 0.619. The van der Waals surface area contributed by atoms with Crippen LogP contribution in [0.4, 0.5) is 0 Å². The fourth-order valence-corrected chi connectivity index (χ4v) is 4.95. The summed E-state index contributed by atoms with van der Waals surface area (Å²) in [5, 5.41) is 6.51. The van der Waals surface area contributed by atoms with Crippen LogP contribution in [-0.4, -0.2) is 58.9 Å². The van der Waals surface area contributed by atoms with E-state index in [1.807, 2.05) is 19.3 Å². The SMILES string of the molecule is CN=C(NCCCCn1ccnc1C)NCCN1C(=O)C2C3C=CC(C3)C2C1=O.I. The molecule has 9 heteroatoms. The molecule has 1 aromatic heterocycles. The van der Waals surface area contributed by atoms with Crippen LogP contribution in [0.15, 0.2) is 29.5 Å². The first-order valence-corrected chi connectivity index (χ1v) is 10.6. The molecule has 2 bridgehead atoms. The van der Waals surface area contributed by atoms with Gasteiger partial charge in [-0.2, -0.15) is 0 Å². The number of allylic oxidation sites excluding steroid dienone is 2. The van der Waals surface area contributed by atoms with Gasteiger partial charge in [-0.15, -0.1) is 24.0 Å². The largest absolute Gasteiger partial charge is 0.356 e. The summed E-state index contributed by atoms with van der Waals surface area (Å²) in [6.45, 7) is 4.68. The van der Waals surface area contributed by atoms with Crippen molar-refractivity contribution in [3.8, 4) is 0 Å². The third kappa shape index (κ3) is 4.40. The third-order valence-electron chi connectivity index (χ3n) is 6.45. The second-order valence-corrected chi connectivity index (χ2v) is 8.13. The Morgan fingerprint density at radius 3 is 2.37 bits per heavy atom. The number of rotatable bonds is 8. The predicted molar refractivity (Wildman–Crippen MR) is 125 cm³/mol. The molecule has 4 atom stereocenters. The van der Waals surface area contributed by atoms with E-state index in [2.05, 4.69) is 37.3 Å².